The van der Waals surface area contributed by atoms with Crippen molar-refractivity contribution in [2.24, 2.45) is 0 Å². The van der Waals surface area contributed by atoms with Crippen LogP contribution in [0.3, 0.4) is 0 Å². The Bertz CT molecular complexity index is 865. The topological polar surface area (TPSA) is 39.5 Å². The standard InChI is InChI=1S/C22H25ClFN3O/c1-3-9-26-15-21(8-10-28-26)27(14-18-11-19(24)6-4-16(18)2)20-7-5-17(13-25)22(23)12-20/h4-7,11-12,21H,3,8-10,14-15H2,1-2H3/t21-/m0/s1. The molecule has 0 amide bonds. The Labute approximate surface area is 171 Å². The summed E-state index contributed by atoms with van der Waals surface area (Å²) in [6.45, 7) is 6.97. The van der Waals surface area contributed by atoms with Crippen LogP contribution in [-0.4, -0.2) is 30.8 Å². The van der Waals surface area contributed by atoms with Crippen LogP contribution in [0.2, 0.25) is 5.02 Å². The van der Waals surface area contributed by atoms with Gasteiger partial charge in [0.15, 0.2) is 0 Å². The van der Waals surface area contributed by atoms with Crippen LogP contribution < -0.4 is 4.90 Å². The molecule has 0 bridgehead atoms. The van der Waals surface area contributed by atoms with E-state index in [4.69, 9.17) is 16.4 Å². The minimum Gasteiger partial charge on any atom is -0.363 e. The van der Waals surface area contributed by atoms with Gasteiger partial charge in [0.25, 0.3) is 0 Å². The molecule has 3 rings (SSSR count). The van der Waals surface area contributed by atoms with E-state index in [-0.39, 0.29) is 11.9 Å². The molecule has 0 aliphatic carbocycles. The van der Waals surface area contributed by atoms with E-state index in [1.165, 1.54) is 6.07 Å². The first-order valence-electron chi connectivity index (χ1n) is 9.61. The highest BCUT2D eigenvalue weighted by molar-refractivity contribution is 6.32. The molecule has 6 heteroatoms. The molecule has 1 atom stereocenters. The lowest BCUT2D eigenvalue weighted by Gasteiger charge is -2.40. The second-order valence-electron chi connectivity index (χ2n) is 7.14. The summed E-state index contributed by atoms with van der Waals surface area (Å²) < 4.78 is 13.9. The highest BCUT2D eigenvalue weighted by atomic mass is 35.5. The zero-order chi connectivity index (χ0) is 20.1. The normalized spacial score (nSPS) is 17.3. The predicted octanol–water partition coefficient (Wildman–Crippen LogP) is 5.08. The second-order valence-corrected chi connectivity index (χ2v) is 7.55. The SMILES string of the molecule is CCCN1C[C@@H](N(Cc2cc(F)ccc2C)c2ccc(C#N)c(Cl)c2)CCO1. The van der Waals surface area contributed by atoms with Crippen molar-refractivity contribution in [1.82, 2.24) is 5.06 Å². The Morgan fingerprint density at radius 3 is 2.86 bits per heavy atom. The summed E-state index contributed by atoms with van der Waals surface area (Å²) in [6, 6.07) is 12.7. The molecule has 2 aromatic carbocycles. The van der Waals surface area contributed by atoms with Crippen LogP contribution in [0.25, 0.3) is 0 Å². The lowest BCUT2D eigenvalue weighted by Crippen LogP contribution is -2.48. The maximum absolute atomic E-state index is 13.9. The van der Waals surface area contributed by atoms with E-state index in [0.717, 1.165) is 42.7 Å². The Hall–Kier alpha value is -2.13. The molecule has 28 heavy (non-hydrogen) atoms. The summed E-state index contributed by atoms with van der Waals surface area (Å²) in [5.74, 6) is -0.238. The Balaban J connectivity index is 1.95. The van der Waals surface area contributed by atoms with Crippen LogP contribution in [0, 0.1) is 24.1 Å². The third-order valence-electron chi connectivity index (χ3n) is 5.11. The van der Waals surface area contributed by atoms with Gasteiger partial charge in [0.2, 0.25) is 0 Å². The highest BCUT2D eigenvalue weighted by Crippen LogP contribution is 2.29. The van der Waals surface area contributed by atoms with Crippen LogP contribution >= 0.6 is 11.6 Å². The summed E-state index contributed by atoms with van der Waals surface area (Å²) >= 11 is 6.31. The van der Waals surface area contributed by atoms with Gasteiger partial charge in [-0.1, -0.05) is 24.6 Å². The van der Waals surface area contributed by atoms with Gasteiger partial charge in [0.1, 0.15) is 11.9 Å². The van der Waals surface area contributed by atoms with Gasteiger partial charge in [0.05, 0.1) is 17.2 Å². The maximum Gasteiger partial charge on any atom is 0.123 e. The van der Waals surface area contributed by atoms with E-state index in [0.29, 0.717) is 23.7 Å². The van der Waals surface area contributed by atoms with E-state index in [1.54, 1.807) is 12.1 Å². The van der Waals surface area contributed by atoms with E-state index < -0.39 is 0 Å². The molecule has 0 spiro atoms. The number of hydrogen-bond acceptors (Lipinski definition) is 4. The van der Waals surface area contributed by atoms with Gasteiger partial charge < -0.3 is 4.90 Å². The van der Waals surface area contributed by atoms with Crippen molar-refractivity contribution in [2.45, 2.75) is 39.3 Å². The van der Waals surface area contributed by atoms with Gasteiger partial charge in [-0.15, -0.1) is 0 Å². The number of anilines is 1. The molecule has 1 aliphatic rings. The highest BCUT2D eigenvalue weighted by Gasteiger charge is 2.27. The molecule has 0 radical (unpaired) electrons. The van der Waals surface area contributed by atoms with Gasteiger partial charge in [-0.2, -0.15) is 10.3 Å². The summed E-state index contributed by atoms with van der Waals surface area (Å²) in [7, 11) is 0. The lowest BCUT2D eigenvalue weighted by molar-refractivity contribution is -0.185. The first-order chi connectivity index (χ1) is 13.5. The quantitative estimate of drug-likeness (QED) is 0.676. The van der Waals surface area contributed by atoms with Crippen LogP contribution in [0.4, 0.5) is 10.1 Å². The van der Waals surface area contributed by atoms with Crippen LogP contribution in [-0.2, 0) is 11.4 Å². The first-order valence-corrected chi connectivity index (χ1v) is 9.98. The van der Waals surface area contributed by atoms with E-state index in [9.17, 15) is 9.65 Å². The summed E-state index contributed by atoms with van der Waals surface area (Å²) in [6.07, 6.45) is 1.88. The first kappa shape index (κ1) is 20.6. The zero-order valence-corrected chi connectivity index (χ0v) is 17.0. The molecule has 1 saturated heterocycles. The summed E-state index contributed by atoms with van der Waals surface area (Å²) in [4.78, 5) is 8.02. The van der Waals surface area contributed by atoms with Crippen LogP contribution in [0.5, 0.6) is 0 Å². The van der Waals surface area contributed by atoms with Crippen LogP contribution in [0.15, 0.2) is 36.4 Å². The van der Waals surface area contributed by atoms with E-state index in [2.05, 4.69) is 17.9 Å². The van der Waals surface area contributed by atoms with Crippen molar-refractivity contribution < 1.29 is 9.23 Å². The fourth-order valence-electron chi connectivity index (χ4n) is 3.55. The molecular weight excluding hydrogens is 377 g/mol. The average Bonchev–Trinajstić information content (AvgIpc) is 2.69. The Kier molecular flexibility index (Phi) is 6.90. The molecule has 1 aliphatic heterocycles. The number of halogens is 2. The van der Waals surface area contributed by atoms with Crippen molar-refractivity contribution >= 4 is 17.3 Å². The molecule has 4 nitrogen and oxygen atoms in total. The third kappa shape index (κ3) is 4.82. The third-order valence-corrected chi connectivity index (χ3v) is 5.42. The van der Waals surface area contributed by atoms with Gasteiger partial charge >= 0.3 is 0 Å². The Morgan fingerprint density at radius 1 is 1.32 bits per heavy atom. The molecule has 2 aromatic rings. The van der Waals surface area contributed by atoms with Crippen molar-refractivity contribution in [3.05, 3.63) is 63.9 Å². The second kappa shape index (κ2) is 9.38. The molecule has 0 aromatic heterocycles. The lowest BCUT2D eigenvalue weighted by atomic mass is 10.0. The largest absolute Gasteiger partial charge is 0.363 e. The molecule has 148 valence electrons. The number of nitriles is 1. The molecular formula is C22H25ClFN3O. The smallest absolute Gasteiger partial charge is 0.123 e. The molecule has 1 heterocycles. The average molecular weight is 402 g/mol. The van der Waals surface area contributed by atoms with E-state index >= 15 is 0 Å². The monoisotopic (exact) mass is 401 g/mol. The maximum atomic E-state index is 13.9. The number of hydrogen-bond donors (Lipinski definition) is 0. The van der Waals surface area contributed by atoms with Crippen molar-refractivity contribution in [3.8, 4) is 6.07 Å². The molecule has 0 unspecified atom stereocenters. The van der Waals surface area contributed by atoms with Crippen molar-refractivity contribution in [2.75, 3.05) is 24.6 Å². The summed E-state index contributed by atoms with van der Waals surface area (Å²) in [5.41, 5.74) is 3.36. The molecule has 1 fully saturated rings. The molecule has 0 saturated carbocycles. The number of nitrogens with zero attached hydrogens (tertiary/aromatic N) is 3. The van der Waals surface area contributed by atoms with Crippen molar-refractivity contribution in [3.63, 3.8) is 0 Å². The summed E-state index contributed by atoms with van der Waals surface area (Å²) in [5, 5.41) is 11.6. The minimum absolute atomic E-state index is 0.201. The van der Waals surface area contributed by atoms with E-state index in [1.807, 2.05) is 30.2 Å². The minimum atomic E-state index is -0.238. The van der Waals surface area contributed by atoms with Crippen LogP contribution in [0.1, 0.15) is 36.5 Å². The van der Waals surface area contributed by atoms with Gasteiger partial charge in [0, 0.05) is 31.4 Å². The van der Waals surface area contributed by atoms with Gasteiger partial charge in [-0.05, 0) is 61.2 Å². The van der Waals surface area contributed by atoms with Gasteiger partial charge in [-0.25, -0.2) is 4.39 Å². The predicted molar refractivity (Wildman–Crippen MR) is 110 cm³/mol. The number of rotatable bonds is 6. The number of aryl methyl sites for hydroxylation is 1. The number of benzene rings is 2. The van der Waals surface area contributed by atoms with Crippen molar-refractivity contribution in [1.29, 1.82) is 5.26 Å². The zero-order valence-electron chi connectivity index (χ0n) is 16.3. The fraction of sp³-hybridized carbons (Fsp3) is 0.409. The van der Waals surface area contributed by atoms with Gasteiger partial charge in [-0.3, -0.25) is 4.84 Å². The number of hydroxylamine groups is 2. The molecule has 0 N–H and O–H groups in total. The fourth-order valence-corrected chi connectivity index (χ4v) is 3.77. The Morgan fingerprint density at radius 2 is 2.14 bits per heavy atom.